The van der Waals surface area contributed by atoms with Crippen LogP contribution in [-0.2, 0) is 4.79 Å². The van der Waals surface area contributed by atoms with Gasteiger partial charge in [0.15, 0.2) is 11.0 Å². The van der Waals surface area contributed by atoms with E-state index in [0.29, 0.717) is 16.7 Å². The van der Waals surface area contributed by atoms with Gasteiger partial charge < -0.3 is 5.32 Å². The summed E-state index contributed by atoms with van der Waals surface area (Å²) in [5.74, 6) is -0.138. The average Bonchev–Trinajstić information content (AvgIpc) is 3.02. The molecule has 0 radical (unpaired) electrons. The number of benzene rings is 1. The van der Waals surface area contributed by atoms with E-state index in [4.69, 9.17) is 0 Å². The van der Waals surface area contributed by atoms with Gasteiger partial charge >= 0.3 is 6.03 Å². The Kier molecular flexibility index (Phi) is 7.53. The molecule has 0 spiro atoms. The van der Waals surface area contributed by atoms with Crippen LogP contribution >= 0.6 is 11.8 Å². The lowest BCUT2D eigenvalue weighted by Gasteiger charge is -2.20. The summed E-state index contributed by atoms with van der Waals surface area (Å²) >= 11 is 1.15. The van der Waals surface area contributed by atoms with Crippen LogP contribution in [0.5, 0.6) is 0 Å². The Morgan fingerprint density at radius 3 is 2.39 bits per heavy atom. The van der Waals surface area contributed by atoms with Crippen molar-refractivity contribution in [3.63, 3.8) is 0 Å². The van der Waals surface area contributed by atoms with Crippen LogP contribution in [0, 0.1) is 5.82 Å². The SMILES string of the molecule is CC(C)NC(=O)NC(=O)CSc1nnc([C@H](C)N(C)C)n1-c1ccc(F)cc1. The zero-order valence-electron chi connectivity index (χ0n) is 16.6. The normalized spacial score (nSPS) is 12.3. The highest BCUT2D eigenvalue weighted by Crippen LogP contribution is 2.26. The summed E-state index contributed by atoms with van der Waals surface area (Å²) in [7, 11) is 3.84. The number of carbonyl (C=O) groups is 2. The summed E-state index contributed by atoms with van der Waals surface area (Å²) in [6, 6.07) is 5.31. The van der Waals surface area contributed by atoms with Gasteiger partial charge in [-0.3, -0.25) is 19.6 Å². The molecule has 2 rings (SSSR count). The summed E-state index contributed by atoms with van der Waals surface area (Å²) in [5, 5.41) is 13.8. The van der Waals surface area contributed by atoms with Gasteiger partial charge in [-0.05, 0) is 59.1 Å². The van der Waals surface area contributed by atoms with Gasteiger partial charge in [-0.25, -0.2) is 9.18 Å². The predicted molar refractivity (Wildman–Crippen MR) is 106 cm³/mol. The largest absolute Gasteiger partial charge is 0.336 e. The molecule has 1 aromatic carbocycles. The molecule has 0 saturated carbocycles. The minimum Gasteiger partial charge on any atom is -0.336 e. The van der Waals surface area contributed by atoms with Crippen molar-refractivity contribution >= 4 is 23.7 Å². The van der Waals surface area contributed by atoms with E-state index in [1.54, 1.807) is 30.5 Å². The number of thioether (sulfide) groups is 1. The van der Waals surface area contributed by atoms with Crippen molar-refractivity contribution in [2.24, 2.45) is 0 Å². The second kappa shape index (κ2) is 9.65. The maximum Gasteiger partial charge on any atom is 0.321 e. The van der Waals surface area contributed by atoms with Gasteiger partial charge in [-0.1, -0.05) is 11.8 Å². The molecule has 1 atom stereocenters. The van der Waals surface area contributed by atoms with Crippen LogP contribution in [0.3, 0.4) is 0 Å². The fourth-order valence-electron chi connectivity index (χ4n) is 2.30. The molecule has 0 aliphatic carbocycles. The van der Waals surface area contributed by atoms with E-state index in [2.05, 4.69) is 20.8 Å². The number of urea groups is 1. The molecule has 1 heterocycles. The molecular formula is C18H25FN6O2S. The number of carbonyl (C=O) groups excluding carboxylic acids is 2. The zero-order valence-corrected chi connectivity index (χ0v) is 17.4. The minimum absolute atomic E-state index is 0.0127. The molecule has 2 aromatic rings. The van der Waals surface area contributed by atoms with Crippen molar-refractivity contribution in [1.82, 2.24) is 30.3 Å². The molecule has 8 nitrogen and oxygen atoms in total. The minimum atomic E-state index is -0.539. The van der Waals surface area contributed by atoms with Crippen molar-refractivity contribution in [2.75, 3.05) is 19.8 Å². The Bertz CT molecular complexity index is 822. The predicted octanol–water partition coefficient (Wildman–Crippen LogP) is 2.36. The van der Waals surface area contributed by atoms with Gasteiger partial charge in [0, 0.05) is 11.7 Å². The van der Waals surface area contributed by atoms with E-state index in [0.717, 1.165) is 11.8 Å². The van der Waals surface area contributed by atoms with Crippen molar-refractivity contribution in [3.05, 3.63) is 35.9 Å². The summed E-state index contributed by atoms with van der Waals surface area (Å²) in [6.07, 6.45) is 0. The highest BCUT2D eigenvalue weighted by atomic mass is 32.2. The van der Waals surface area contributed by atoms with Crippen LogP contribution < -0.4 is 10.6 Å². The Morgan fingerprint density at radius 2 is 1.82 bits per heavy atom. The molecular weight excluding hydrogens is 383 g/mol. The summed E-state index contributed by atoms with van der Waals surface area (Å²) < 4.78 is 15.1. The highest BCUT2D eigenvalue weighted by molar-refractivity contribution is 7.99. The third-order valence-corrected chi connectivity index (χ3v) is 4.83. The van der Waals surface area contributed by atoms with Crippen LogP contribution in [0.2, 0.25) is 0 Å². The van der Waals surface area contributed by atoms with Crippen LogP contribution in [0.1, 0.15) is 32.6 Å². The molecule has 1 aromatic heterocycles. The lowest BCUT2D eigenvalue weighted by molar-refractivity contribution is -0.117. The van der Waals surface area contributed by atoms with Gasteiger partial charge in [0.05, 0.1) is 11.8 Å². The number of hydrogen-bond donors (Lipinski definition) is 2. The van der Waals surface area contributed by atoms with Gasteiger partial charge in [-0.15, -0.1) is 10.2 Å². The first-order chi connectivity index (χ1) is 13.2. The summed E-state index contributed by atoms with van der Waals surface area (Å²) in [4.78, 5) is 25.7. The quantitative estimate of drug-likeness (QED) is 0.684. The lowest BCUT2D eigenvalue weighted by atomic mass is 10.2. The molecule has 0 unspecified atom stereocenters. The van der Waals surface area contributed by atoms with E-state index in [9.17, 15) is 14.0 Å². The van der Waals surface area contributed by atoms with E-state index in [-0.39, 0.29) is 23.7 Å². The van der Waals surface area contributed by atoms with Crippen molar-refractivity contribution in [2.45, 2.75) is 38.0 Å². The van der Waals surface area contributed by atoms with E-state index < -0.39 is 11.9 Å². The molecule has 0 bridgehead atoms. The topological polar surface area (TPSA) is 92.2 Å². The average molecular weight is 409 g/mol. The zero-order chi connectivity index (χ0) is 20.8. The molecule has 0 aliphatic rings. The smallest absolute Gasteiger partial charge is 0.321 e. The molecule has 10 heteroatoms. The number of nitrogens with zero attached hydrogens (tertiary/aromatic N) is 4. The Balaban J connectivity index is 2.21. The number of rotatable bonds is 7. The number of hydrogen-bond acceptors (Lipinski definition) is 6. The standard InChI is InChI=1S/C18H25FN6O2S/c1-11(2)20-17(27)21-15(26)10-28-18-23-22-16(12(3)24(4)5)25(18)14-8-6-13(19)7-9-14/h6-9,11-12H,10H2,1-5H3,(H2,20,21,26,27)/t12-/m0/s1. The fourth-order valence-corrected chi connectivity index (χ4v) is 3.06. The molecule has 0 saturated heterocycles. The lowest BCUT2D eigenvalue weighted by Crippen LogP contribution is -2.43. The number of aromatic nitrogens is 3. The van der Waals surface area contributed by atoms with Crippen LogP contribution in [0.15, 0.2) is 29.4 Å². The highest BCUT2D eigenvalue weighted by Gasteiger charge is 2.22. The maximum atomic E-state index is 13.3. The van der Waals surface area contributed by atoms with E-state index in [1.807, 2.05) is 25.9 Å². The first kappa shape index (κ1) is 21.8. The van der Waals surface area contributed by atoms with Gasteiger partial charge in [0.1, 0.15) is 5.82 Å². The molecule has 0 aliphatic heterocycles. The van der Waals surface area contributed by atoms with Gasteiger partial charge in [0.25, 0.3) is 0 Å². The second-order valence-corrected chi connectivity index (χ2v) is 7.70. The van der Waals surface area contributed by atoms with Crippen LogP contribution in [0.4, 0.5) is 9.18 Å². The third kappa shape index (κ3) is 5.77. The number of halogens is 1. The molecule has 0 fully saturated rings. The Morgan fingerprint density at radius 1 is 1.18 bits per heavy atom. The number of amides is 3. The summed E-state index contributed by atoms with van der Waals surface area (Å²) in [5.41, 5.74) is 0.690. The third-order valence-electron chi connectivity index (χ3n) is 3.90. The van der Waals surface area contributed by atoms with Crippen LogP contribution in [-0.4, -0.2) is 57.5 Å². The fraction of sp³-hybridized carbons (Fsp3) is 0.444. The first-order valence-corrected chi connectivity index (χ1v) is 9.78. The number of imide groups is 1. The monoisotopic (exact) mass is 408 g/mol. The molecule has 152 valence electrons. The van der Waals surface area contributed by atoms with Crippen molar-refractivity contribution < 1.29 is 14.0 Å². The molecule has 28 heavy (non-hydrogen) atoms. The Labute approximate surface area is 167 Å². The summed E-state index contributed by atoms with van der Waals surface area (Å²) in [6.45, 7) is 5.58. The van der Waals surface area contributed by atoms with Crippen LogP contribution in [0.25, 0.3) is 5.69 Å². The van der Waals surface area contributed by atoms with Gasteiger partial charge in [-0.2, -0.15) is 0 Å². The molecule has 3 amide bonds. The maximum absolute atomic E-state index is 13.3. The van der Waals surface area contributed by atoms with Crippen molar-refractivity contribution in [1.29, 1.82) is 0 Å². The van der Waals surface area contributed by atoms with Gasteiger partial charge in [0.2, 0.25) is 5.91 Å². The number of nitrogens with one attached hydrogen (secondary N) is 2. The Hall–Kier alpha value is -2.46. The van der Waals surface area contributed by atoms with Crippen molar-refractivity contribution in [3.8, 4) is 5.69 Å². The first-order valence-electron chi connectivity index (χ1n) is 8.80. The van der Waals surface area contributed by atoms with E-state index >= 15 is 0 Å². The molecule has 2 N–H and O–H groups in total. The van der Waals surface area contributed by atoms with E-state index in [1.165, 1.54) is 12.1 Å². The second-order valence-electron chi connectivity index (χ2n) is 6.76.